The molecule has 13 heavy (non-hydrogen) atoms. The zero-order valence-electron chi connectivity index (χ0n) is 8.71. The minimum atomic E-state index is 0.000455. The van der Waals surface area contributed by atoms with Crippen molar-refractivity contribution in [2.24, 2.45) is 11.8 Å². The minimum Gasteiger partial charge on any atom is -0.469 e. The summed E-state index contributed by atoms with van der Waals surface area (Å²) < 4.78 is 4.69. The van der Waals surface area contributed by atoms with Gasteiger partial charge in [0.15, 0.2) is 0 Å². The lowest BCUT2D eigenvalue weighted by atomic mass is 10.1. The Morgan fingerprint density at radius 1 is 1.38 bits per heavy atom. The molecule has 2 nitrogen and oxygen atoms in total. The van der Waals surface area contributed by atoms with Gasteiger partial charge in [0.05, 0.1) is 13.0 Å². The third-order valence-electron chi connectivity index (χ3n) is 2.85. The first-order chi connectivity index (χ1) is 6.29. The maximum atomic E-state index is 11.1. The van der Waals surface area contributed by atoms with Crippen LogP contribution in [0.4, 0.5) is 0 Å². The third kappa shape index (κ3) is 3.37. The van der Waals surface area contributed by atoms with Crippen LogP contribution in [0.5, 0.6) is 0 Å². The highest BCUT2D eigenvalue weighted by Crippen LogP contribution is 2.43. The summed E-state index contributed by atoms with van der Waals surface area (Å²) >= 11 is 0. The summed E-state index contributed by atoms with van der Waals surface area (Å²) in [5.41, 5.74) is 0. The van der Waals surface area contributed by atoms with E-state index in [1.54, 1.807) is 0 Å². The lowest BCUT2D eigenvalue weighted by Crippen LogP contribution is -2.04. The van der Waals surface area contributed by atoms with E-state index in [2.05, 4.69) is 6.92 Å². The highest BCUT2D eigenvalue weighted by Gasteiger charge is 2.42. The number of carbonyl (C=O) groups is 1. The number of rotatable bonds is 6. The Morgan fingerprint density at radius 2 is 2.15 bits per heavy atom. The Hall–Kier alpha value is -0.530. The molecule has 0 unspecified atom stereocenters. The van der Waals surface area contributed by atoms with Crippen molar-refractivity contribution in [3.8, 4) is 0 Å². The van der Waals surface area contributed by atoms with Crippen LogP contribution in [0.25, 0.3) is 0 Å². The summed E-state index contributed by atoms with van der Waals surface area (Å²) in [6.07, 6.45) is 7.51. The van der Waals surface area contributed by atoms with Crippen LogP contribution >= 0.6 is 0 Å². The second-order valence-corrected chi connectivity index (χ2v) is 3.97. The predicted octanol–water partition coefficient (Wildman–Crippen LogP) is 2.77. The molecule has 1 aliphatic rings. The fourth-order valence-electron chi connectivity index (χ4n) is 1.84. The molecule has 1 aliphatic carbocycles. The van der Waals surface area contributed by atoms with E-state index in [0.717, 1.165) is 6.42 Å². The summed E-state index contributed by atoms with van der Waals surface area (Å²) in [4.78, 5) is 11.1. The maximum absolute atomic E-state index is 11.1. The van der Waals surface area contributed by atoms with E-state index < -0.39 is 0 Å². The van der Waals surface area contributed by atoms with E-state index >= 15 is 0 Å². The molecule has 76 valence electrons. The van der Waals surface area contributed by atoms with Gasteiger partial charge in [0.2, 0.25) is 0 Å². The van der Waals surface area contributed by atoms with Crippen molar-refractivity contribution in [1.82, 2.24) is 0 Å². The number of carbonyl (C=O) groups excluding carboxylic acids is 1. The molecular weight excluding hydrogens is 164 g/mol. The van der Waals surface area contributed by atoms with E-state index in [1.165, 1.54) is 39.2 Å². The summed E-state index contributed by atoms with van der Waals surface area (Å²) in [5, 5.41) is 0. The van der Waals surface area contributed by atoms with Crippen molar-refractivity contribution in [3.05, 3.63) is 0 Å². The van der Waals surface area contributed by atoms with E-state index in [1.807, 2.05) is 0 Å². The van der Waals surface area contributed by atoms with E-state index in [4.69, 9.17) is 4.74 Å². The van der Waals surface area contributed by atoms with Gasteiger partial charge < -0.3 is 4.74 Å². The van der Waals surface area contributed by atoms with E-state index in [0.29, 0.717) is 5.92 Å². The minimum absolute atomic E-state index is 0.000455. The van der Waals surface area contributed by atoms with Gasteiger partial charge in [0.1, 0.15) is 0 Å². The van der Waals surface area contributed by atoms with Gasteiger partial charge in [-0.2, -0.15) is 0 Å². The lowest BCUT2D eigenvalue weighted by Gasteiger charge is -1.99. The zero-order valence-corrected chi connectivity index (χ0v) is 8.71. The Balaban J connectivity index is 1.98. The van der Waals surface area contributed by atoms with Crippen molar-refractivity contribution < 1.29 is 9.53 Å². The zero-order chi connectivity index (χ0) is 9.68. The topological polar surface area (TPSA) is 26.3 Å². The average Bonchev–Trinajstić information content (AvgIpc) is 2.91. The Kier molecular flexibility index (Phi) is 4.26. The number of hydrogen-bond donors (Lipinski definition) is 0. The molecule has 2 heteroatoms. The fraction of sp³-hybridized carbons (Fsp3) is 0.909. The molecular formula is C11H20O2. The molecule has 1 rings (SSSR count). The summed E-state index contributed by atoms with van der Waals surface area (Å²) in [6, 6.07) is 0. The van der Waals surface area contributed by atoms with Gasteiger partial charge >= 0.3 is 5.97 Å². The van der Waals surface area contributed by atoms with Crippen molar-refractivity contribution >= 4 is 5.97 Å². The molecule has 0 aromatic carbocycles. The van der Waals surface area contributed by atoms with Gasteiger partial charge in [0, 0.05) is 0 Å². The van der Waals surface area contributed by atoms with Crippen LogP contribution in [-0.4, -0.2) is 13.1 Å². The monoisotopic (exact) mass is 184 g/mol. The second kappa shape index (κ2) is 5.25. The fourth-order valence-corrected chi connectivity index (χ4v) is 1.84. The van der Waals surface area contributed by atoms with Crippen LogP contribution in [0.15, 0.2) is 0 Å². The van der Waals surface area contributed by atoms with Crippen molar-refractivity contribution in [3.63, 3.8) is 0 Å². The first-order valence-electron chi connectivity index (χ1n) is 5.37. The smallest absolute Gasteiger partial charge is 0.308 e. The first kappa shape index (κ1) is 10.6. The SMILES string of the molecule is CCCCCC[C@@H]1C[C@H]1C(=O)OC. The van der Waals surface area contributed by atoms with Gasteiger partial charge in [-0.25, -0.2) is 0 Å². The van der Waals surface area contributed by atoms with Gasteiger partial charge in [0.25, 0.3) is 0 Å². The van der Waals surface area contributed by atoms with Crippen LogP contribution in [0.1, 0.15) is 45.4 Å². The van der Waals surface area contributed by atoms with Crippen LogP contribution < -0.4 is 0 Å². The first-order valence-corrected chi connectivity index (χ1v) is 5.37. The number of esters is 1. The Morgan fingerprint density at radius 3 is 2.77 bits per heavy atom. The summed E-state index contributed by atoms with van der Waals surface area (Å²) in [5.74, 6) is 0.886. The van der Waals surface area contributed by atoms with Crippen LogP contribution in [-0.2, 0) is 9.53 Å². The van der Waals surface area contributed by atoms with Crippen molar-refractivity contribution in [2.45, 2.75) is 45.4 Å². The number of hydrogen-bond acceptors (Lipinski definition) is 2. The van der Waals surface area contributed by atoms with Crippen LogP contribution in [0.3, 0.4) is 0 Å². The van der Waals surface area contributed by atoms with Gasteiger partial charge in [-0.3, -0.25) is 4.79 Å². The van der Waals surface area contributed by atoms with E-state index in [9.17, 15) is 4.79 Å². The lowest BCUT2D eigenvalue weighted by molar-refractivity contribution is -0.142. The standard InChI is InChI=1S/C11H20O2/c1-3-4-5-6-7-9-8-10(9)11(12)13-2/h9-10H,3-8H2,1-2H3/t9-,10-/m1/s1. The summed E-state index contributed by atoms with van der Waals surface area (Å²) in [7, 11) is 1.48. The molecule has 0 spiro atoms. The molecule has 0 aromatic heterocycles. The van der Waals surface area contributed by atoms with E-state index in [-0.39, 0.29) is 11.9 Å². The highest BCUT2D eigenvalue weighted by molar-refractivity contribution is 5.75. The molecule has 0 amide bonds. The molecule has 2 atom stereocenters. The Bertz CT molecular complexity index is 165. The summed E-state index contributed by atoms with van der Waals surface area (Å²) in [6.45, 7) is 2.22. The average molecular weight is 184 g/mol. The normalized spacial score (nSPS) is 25.7. The Labute approximate surface area is 80.7 Å². The van der Waals surface area contributed by atoms with Gasteiger partial charge in [-0.1, -0.05) is 32.6 Å². The predicted molar refractivity (Wildman–Crippen MR) is 52.4 cm³/mol. The third-order valence-corrected chi connectivity index (χ3v) is 2.85. The quantitative estimate of drug-likeness (QED) is 0.468. The van der Waals surface area contributed by atoms with Crippen molar-refractivity contribution in [1.29, 1.82) is 0 Å². The number of methoxy groups -OCH3 is 1. The van der Waals surface area contributed by atoms with Crippen LogP contribution in [0, 0.1) is 11.8 Å². The number of unbranched alkanes of at least 4 members (excludes halogenated alkanes) is 3. The molecule has 1 fully saturated rings. The molecule has 1 saturated carbocycles. The number of ether oxygens (including phenoxy) is 1. The molecule has 0 heterocycles. The van der Waals surface area contributed by atoms with Crippen molar-refractivity contribution in [2.75, 3.05) is 7.11 Å². The molecule has 0 aromatic rings. The van der Waals surface area contributed by atoms with Gasteiger partial charge in [-0.05, 0) is 18.8 Å². The molecule has 0 bridgehead atoms. The molecule has 0 aliphatic heterocycles. The molecule has 0 radical (unpaired) electrons. The highest BCUT2D eigenvalue weighted by atomic mass is 16.5. The molecule has 0 saturated heterocycles. The molecule has 0 N–H and O–H groups in total. The second-order valence-electron chi connectivity index (χ2n) is 3.97. The van der Waals surface area contributed by atoms with Gasteiger partial charge in [-0.15, -0.1) is 0 Å². The largest absolute Gasteiger partial charge is 0.469 e. The van der Waals surface area contributed by atoms with Crippen LogP contribution in [0.2, 0.25) is 0 Å². The maximum Gasteiger partial charge on any atom is 0.308 e.